The molecule has 87 heavy (non-hydrogen) atoms. The van der Waals surface area contributed by atoms with E-state index in [0.717, 1.165) is 10.5 Å². The van der Waals surface area contributed by atoms with Crippen molar-refractivity contribution in [2.75, 3.05) is 54.3 Å². The third-order valence-electron chi connectivity index (χ3n) is 16.6. The van der Waals surface area contributed by atoms with E-state index in [0.29, 0.717) is 57.8 Å². The second-order valence-electron chi connectivity index (χ2n) is 23.2. The number of nitrogens with zero attached hydrogens (tertiary/aromatic N) is 1. The molecule has 15 atom stereocenters. The van der Waals surface area contributed by atoms with Crippen molar-refractivity contribution in [1.29, 1.82) is 0 Å². The van der Waals surface area contributed by atoms with E-state index in [1.165, 1.54) is 20.3 Å². The molecule has 1 aliphatic carbocycles. The van der Waals surface area contributed by atoms with Crippen molar-refractivity contribution in [3.05, 3.63) is 47.6 Å². The highest BCUT2D eigenvalue weighted by atomic mass is 31.2. The Morgan fingerprint density at radius 3 is 1.94 bits per heavy atom. The molecule has 3 aliphatic heterocycles. The predicted octanol–water partition coefficient (Wildman–Crippen LogP) is 10.0. The molecule has 26 heteroatoms. The maximum Gasteiger partial charge on any atom is 0.437 e. The molecule has 0 aromatic heterocycles. The zero-order chi connectivity index (χ0) is 64.8. The lowest BCUT2D eigenvalue weighted by atomic mass is 9.78. The minimum Gasteiger partial charge on any atom is -0.460 e. The van der Waals surface area contributed by atoms with Crippen LogP contribution in [-0.4, -0.2) is 160 Å². The Hall–Kier alpha value is -4.45. The van der Waals surface area contributed by atoms with E-state index in [1.807, 2.05) is 51.2 Å². The van der Waals surface area contributed by atoms with E-state index in [4.69, 9.17) is 51.3 Å². The Morgan fingerprint density at radius 1 is 0.736 bits per heavy atom. The number of methoxy groups -OCH3 is 3. The molecule has 4 rings (SSSR count). The molecule has 0 aromatic carbocycles. The molecule has 0 spiro atoms. The SMILES string of the molecule is CCOP(=O)(NC(=O)O[C@@H]1/C(C)=C/[C@@H](C)C(=O)C[C@@H]([C@H](C)C[C@@H]2CC[C@@H](OC(=O)NP(=O)(OCC)OCC)[C@H](OC)C2)OC(=O)[C@@H]2CCCCN2C(=O)C(=O)[C@]2(O)O[C@@H](CC[C@H]2C)C[C@H](OC)/C(C)=C/C=C/C=C\[C@@H](C)C[C@@H](C)C(=O)[C@@H]1OC)OCC. The number of carbonyl (C=O) groups excluding carboxylic acids is 7. The fourth-order valence-electron chi connectivity index (χ4n) is 11.8. The van der Waals surface area contributed by atoms with Gasteiger partial charge in [0.25, 0.3) is 11.7 Å². The number of aliphatic hydroxyl groups is 1. The number of Topliss-reactive ketones (excluding diaryl/α,β-unsaturated/α-hetero) is 3. The maximum absolute atomic E-state index is 14.8. The zero-order valence-corrected chi connectivity index (χ0v) is 55.3. The van der Waals surface area contributed by atoms with Crippen molar-refractivity contribution in [3.8, 4) is 0 Å². The van der Waals surface area contributed by atoms with Gasteiger partial charge in [0.15, 0.2) is 18.0 Å². The number of ketones is 3. The van der Waals surface area contributed by atoms with Gasteiger partial charge in [-0.25, -0.2) is 33.7 Å². The second-order valence-corrected chi connectivity index (χ2v) is 26.7. The highest BCUT2D eigenvalue weighted by molar-refractivity contribution is 7.52. The first-order valence-corrected chi connectivity index (χ1v) is 33.8. The summed E-state index contributed by atoms with van der Waals surface area (Å²) in [4.78, 5) is 101. The number of carbonyl (C=O) groups is 7. The van der Waals surface area contributed by atoms with Crippen LogP contribution in [0.1, 0.15) is 153 Å². The van der Waals surface area contributed by atoms with Crippen LogP contribution < -0.4 is 10.2 Å². The van der Waals surface area contributed by atoms with Gasteiger partial charge in [-0.2, -0.15) is 0 Å². The number of allylic oxidation sites excluding steroid dienone is 6. The number of ether oxygens (including phenoxy) is 7. The van der Waals surface area contributed by atoms with E-state index >= 15 is 0 Å². The molecule has 494 valence electrons. The molecule has 24 nitrogen and oxygen atoms in total. The molecular weight excluding hydrogens is 1170 g/mol. The van der Waals surface area contributed by atoms with E-state index < -0.39 is 135 Å². The topological polar surface area (TPSA) is 303 Å². The van der Waals surface area contributed by atoms with Crippen molar-refractivity contribution in [3.63, 3.8) is 0 Å². The molecule has 0 aromatic rings. The first kappa shape index (κ1) is 75.0. The van der Waals surface area contributed by atoms with Gasteiger partial charge in [-0.05, 0) is 135 Å². The summed E-state index contributed by atoms with van der Waals surface area (Å²) in [7, 11) is -3.94. The van der Waals surface area contributed by atoms with Crippen molar-refractivity contribution in [2.24, 2.45) is 35.5 Å². The predicted molar refractivity (Wildman–Crippen MR) is 322 cm³/mol. The summed E-state index contributed by atoms with van der Waals surface area (Å²) in [5.74, 6) is -9.83. The fraction of sp³-hybridized carbons (Fsp3) is 0.754. The van der Waals surface area contributed by atoms with Crippen molar-refractivity contribution >= 4 is 56.9 Å². The largest absolute Gasteiger partial charge is 0.460 e. The number of piperidine rings is 1. The Morgan fingerprint density at radius 2 is 1.36 bits per heavy atom. The van der Waals surface area contributed by atoms with Crippen LogP contribution in [0.2, 0.25) is 0 Å². The smallest absolute Gasteiger partial charge is 0.437 e. The Bertz CT molecular complexity index is 2520. The highest BCUT2D eigenvalue weighted by Gasteiger charge is 2.53. The summed E-state index contributed by atoms with van der Waals surface area (Å²) in [6, 6.07) is -1.28. The van der Waals surface area contributed by atoms with E-state index in [2.05, 4.69) is 10.2 Å². The quantitative estimate of drug-likeness (QED) is 0.0378. The number of fused-ring (bicyclic) bond motifs is 3. The van der Waals surface area contributed by atoms with Crippen LogP contribution in [0.25, 0.3) is 0 Å². The van der Waals surface area contributed by atoms with Gasteiger partial charge in [0.05, 0.1) is 44.7 Å². The summed E-state index contributed by atoms with van der Waals surface area (Å²) in [5.41, 5.74) is 1.03. The van der Waals surface area contributed by atoms with Crippen LogP contribution in [0.4, 0.5) is 9.59 Å². The van der Waals surface area contributed by atoms with Crippen molar-refractivity contribution in [1.82, 2.24) is 15.1 Å². The number of esters is 1. The van der Waals surface area contributed by atoms with Gasteiger partial charge in [0, 0.05) is 58.5 Å². The van der Waals surface area contributed by atoms with Gasteiger partial charge >= 0.3 is 33.6 Å². The number of amides is 3. The normalized spacial score (nSPS) is 33.3. The average molecular weight is 1270 g/mol. The molecule has 2 bridgehead atoms. The highest BCUT2D eigenvalue weighted by Crippen LogP contribution is 2.45. The lowest BCUT2D eigenvalue weighted by Crippen LogP contribution is -2.61. The van der Waals surface area contributed by atoms with Gasteiger partial charge in [-0.3, -0.25) is 37.3 Å². The Balaban J connectivity index is 1.79. The van der Waals surface area contributed by atoms with Gasteiger partial charge < -0.3 is 43.2 Å². The molecule has 1 saturated carbocycles. The summed E-state index contributed by atoms with van der Waals surface area (Å²) in [5, 5.41) is 16.5. The van der Waals surface area contributed by atoms with Crippen LogP contribution in [-0.2, 0) is 84.4 Å². The Labute approximate surface area is 514 Å². The molecule has 4 aliphatic rings. The van der Waals surface area contributed by atoms with Crippen molar-refractivity contribution < 1.29 is 99.1 Å². The summed E-state index contributed by atoms with van der Waals surface area (Å²) in [6.07, 6.45) is 5.57. The van der Waals surface area contributed by atoms with Crippen LogP contribution in [0.15, 0.2) is 47.6 Å². The maximum atomic E-state index is 14.8. The minimum atomic E-state index is -4.24. The summed E-state index contributed by atoms with van der Waals surface area (Å²) < 4.78 is 89.2. The number of rotatable bonds is 18. The zero-order valence-electron chi connectivity index (χ0n) is 53.5. The van der Waals surface area contributed by atoms with Crippen molar-refractivity contribution in [2.45, 2.75) is 208 Å². The number of hydrogen-bond donors (Lipinski definition) is 3. The number of nitrogens with one attached hydrogen (secondary N) is 2. The fourth-order valence-corrected chi connectivity index (χ4v) is 14.1. The van der Waals surface area contributed by atoms with Crippen LogP contribution in [0.5, 0.6) is 0 Å². The van der Waals surface area contributed by atoms with Crippen LogP contribution in [0.3, 0.4) is 0 Å². The second kappa shape index (κ2) is 35.8. The first-order chi connectivity index (χ1) is 41.1. The summed E-state index contributed by atoms with van der Waals surface area (Å²) in [6.45, 7) is 18.3. The van der Waals surface area contributed by atoms with E-state index in [1.54, 1.807) is 62.5 Å². The molecule has 0 unspecified atom stereocenters. The monoisotopic (exact) mass is 1270 g/mol. The molecule has 3 N–H and O–H groups in total. The van der Waals surface area contributed by atoms with E-state index in [-0.39, 0.29) is 69.6 Å². The lowest BCUT2D eigenvalue weighted by Gasteiger charge is -2.42. The standard InChI is InChI=1S/C61H99N3O21P2/c1-15-78-86(73,79-16-2)62-59(70)83-49-30-28-45(35-52(49)76-13)34-41(8)51-37-48(65)40(7)33-43(10)54(84-60(71)63-87(74,80-17-3)81-18-4)55(77-14)53(66)42(9)32-38(5)24-20-19-21-25-39(6)50(75-12)36-46-29-27-44(11)61(72,85-46)56(67)57(68)64-31-23-22-26-47(64)58(69)82-51/h19-21,24-25,33,38,40-42,44-47,49-52,54-55,72H,15-18,22-23,26-32,34-37H2,1-14H3,(H,62,70,73)(H,63,71,74)/b21-19+,24-20-,39-25+,43-33+/t38-,40-,41-,42-,44-,45+,46+,47+,49-,50+,51+,52-,54-,55+,61-/m1/s1. The molecule has 3 fully saturated rings. The number of cyclic esters (lactones) is 1. The molecular formula is C61H99N3O21P2. The number of hydrogen-bond acceptors (Lipinski definition) is 21. The lowest BCUT2D eigenvalue weighted by molar-refractivity contribution is -0.265. The summed E-state index contributed by atoms with van der Waals surface area (Å²) >= 11 is 0. The van der Waals surface area contributed by atoms with E-state index in [9.17, 15) is 47.8 Å². The Kier molecular flexibility index (Phi) is 30.9. The average Bonchev–Trinajstić information content (AvgIpc) is 3.51. The third kappa shape index (κ3) is 21.9. The minimum absolute atomic E-state index is 0.00304. The van der Waals surface area contributed by atoms with Gasteiger partial charge in [-0.15, -0.1) is 0 Å². The molecule has 2 saturated heterocycles. The van der Waals surface area contributed by atoms with Gasteiger partial charge in [0.2, 0.25) is 5.79 Å². The van der Waals surface area contributed by atoms with Crippen LogP contribution in [0, 0.1) is 35.5 Å². The molecule has 3 amide bonds. The van der Waals surface area contributed by atoms with Gasteiger partial charge in [-0.1, -0.05) is 71.1 Å². The van der Waals surface area contributed by atoms with Crippen LogP contribution >= 0.6 is 15.5 Å². The first-order valence-electron chi connectivity index (χ1n) is 30.7. The third-order valence-corrected chi connectivity index (χ3v) is 19.9. The molecule has 3 heterocycles. The van der Waals surface area contributed by atoms with Gasteiger partial charge in [0.1, 0.15) is 24.0 Å². The molecule has 0 radical (unpaired) electrons.